The van der Waals surface area contributed by atoms with Crippen molar-refractivity contribution in [2.24, 2.45) is 0 Å². The molecule has 146 valence electrons. The van der Waals surface area contributed by atoms with Crippen molar-refractivity contribution in [2.45, 2.75) is 6.54 Å². The van der Waals surface area contributed by atoms with Gasteiger partial charge in [-0.1, -0.05) is 59.2 Å². The van der Waals surface area contributed by atoms with Crippen LogP contribution in [0.25, 0.3) is 22.5 Å². The number of nitrogens with zero attached hydrogens (tertiary/aromatic N) is 3. The Balaban J connectivity index is 1.57. The summed E-state index contributed by atoms with van der Waals surface area (Å²) in [5.74, 6) is 0.0572. The lowest BCUT2D eigenvalue weighted by Crippen LogP contribution is -2.16. The van der Waals surface area contributed by atoms with Crippen LogP contribution in [0, 0.1) is 0 Å². The van der Waals surface area contributed by atoms with Gasteiger partial charge in [-0.2, -0.15) is 5.10 Å². The fourth-order valence-electron chi connectivity index (χ4n) is 2.85. The maximum Gasteiger partial charge on any atom is 0.295 e. The first-order chi connectivity index (χ1) is 14.1. The van der Waals surface area contributed by atoms with E-state index in [0.717, 1.165) is 11.1 Å². The van der Waals surface area contributed by atoms with Crippen molar-refractivity contribution < 1.29 is 14.4 Å². The van der Waals surface area contributed by atoms with Gasteiger partial charge in [-0.15, -0.1) is 0 Å². The molecule has 0 spiro atoms. The molecule has 0 radical (unpaired) electrons. The molecule has 7 nitrogen and oxygen atoms in total. The summed E-state index contributed by atoms with van der Waals surface area (Å²) in [5, 5.41) is 21.1. The number of carbonyl (C=O) groups excluding carboxylic acids is 1. The molecule has 0 aliphatic carbocycles. The van der Waals surface area contributed by atoms with E-state index in [0.29, 0.717) is 22.2 Å². The molecule has 29 heavy (non-hydrogen) atoms. The molecule has 0 atom stereocenters. The first-order valence-electron chi connectivity index (χ1n) is 8.92. The molecule has 8 heteroatoms. The number of aliphatic hydroxyl groups is 1. The molecular formula is C21H17ClN4O3. The number of nitrogens with one attached hydrogen (secondary N) is 1. The minimum absolute atomic E-state index is 0.0774. The van der Waals surface area contributed by atoms with E-state index in [4.69, 9.17) is 16.1 Å². The number of halogens is 1. The molecule has 0 aliphatic rings. The summed E-state index contributed by atoms with van der Waals surface area (Å²) in [5.41, 5.74) is 2.91. The van der Waals surface area contributed by atoms with Crippen LogP contribution in [0.15, 0.2) is 71.3 Å². The Morgan fingerprint density at radius 2 is 1.76 bits per heavy atom. The van der Waals surface area contributed by atoms with E-state index in [1.165, 1.54) is 4.68 Å². The van der Waals surface area contributed by atoms with Crippen LogP contribution >= 0.6 is 11.6 Å². The van der Waals surface area contributed by atoms with E-state index in [1.54, 1.807) is 24.3 Å². The van der Waals surface area contributed by atoms with Gasteiger partial charge in [0.2, 0.25) is 5.76 Å². The van der Waals surface area contributed by atoms with Crippen molar-refractivity contribution >= 4 is 23.3 Å². The van der Waals surface area contributed by atoms with Gasteiger partial charge in [0.15, 0.2) is 0 Å². The first kappa shape index (κ1) is 18.9. The third-order valence-electron chi connectivity index (χ3n) is 4.28. The zero-order valence-electron chi connectivity index (χ0n) is 15.2. The summed E-state index contributed by atoms with van der Waals surface area (Å²) in [6.45, 7) is 0.111. The fraction of sp³-hybridized carbons (Fsp3) is 0.0952. The Labute approximate surface area is 171 Å². The Hall–Kier alpha value is -3.42. The molecule has 0 saturated carbocycles. The number of aliphatic hydroxyl groups excluding tert-OH is 1. The van der Waals surface area contributed by atoms with E-state index in [-0.39, 0.29) is 18.9 Å². The van der Waals surface area contributed by atoms with E-state index in [2.05, 4.69) is 15.6 Å². The second kappa shape index (κ2) is 8.30. The molecule has 1 amide bonds. The van der Waals surface area contributed by atoms with Crippen molar-refractivity contribution in [1.29, 1.82) is 0 Å². The highest BCUT2D eigenvalue weighted by Gasteiger charge is 2.17. The van der Waals surface area contributed by atoms with E-state index < -0.39 is 5.91 Å². The molecule has 4 rings (SSSR count). The summed E-state index contributed by atoms with van der Waals surface area (Å²) in [6, 6.07) is 19.9. The Bertz CT molecular complexity index is 1120. The fourth-order valence-corrected chi connectivity index (χ4v) is 2.98. The molecule has 2 heterocycles. The third kappa shape index (κ3) is 4.21. The average molecular weight is 409 g/mol. The van der Waals surface area contributed by atoms with Crippen LogP contribution in [0.4, 0.5) is 5.82 Å². The van der Waals surface area contributed by atoms with Crippen LogP contribution < -0.4 is 5.32 Å². The topological polar surface area (TPSA) is 93.2 Å². The molecule has 4 aromatic rings. The van der Waals surface area contributed by atoms with Gasteiger partial charge >= 0.3 is 0 Å². The lowest BCUT2D eigenvalue weighted by atomic mass is 10.1. The summed E-state index contributed by atoms with van der Waals surface area (Å²) in [7, 11) is 0. The van der Waals surface area contributed by atoms with Crippen LogP contribution in [0.2, 0.25) is 5.02 Å². The number of amides is 1. The van der Waals surface area contributed by atoms with Gasteiger partial charge in [0.25, 0.3) is 5.91 Å². The molecule has 0 aliphatic heterocycles. The van der Waals surface area contributed by atoms with Gasteiger partial charge in [-0.3, -0.25) is 4.79 Å². The van der Waals surface area contributed by atoms with Gasteiger partial charge in [0.05, 0.1) is 18.8 Å². The van der Waals surface area contributed by atoms with Gasteiger partial charge in [-0.25, -0.2) is 4.68 Å². The van der Waals surface area contributed by atoms with Crippen LogP contribution in [-0.2, 0) is 6.54 Å². The molecular weight excluding hydrogens is 392 g/mol. The molecule has 0 unspecified atom stereocenters. The smallest absolute Gasteiger partial charge is 0.295 e. The van der Waals surface area contributed by atoms with Crippen LogP contribution in [0.1, 0.15) is 10.6 Å². The average Bonchev–Trinajstić information content (AvgIpc) is 3.38. The molecule has 2 N–H and O–H groups in total. The zero-order valence-corrected chi connectivity index (χ0v) is 16.0. The monoisotopic (exact) mass is 408 g/mol. The standard InChI is InChI=1S/C21H17ClN4O3/c22-16-8-6-15(7-9-16)17-13-20(26(24-17)10-11-27)23-21(28)19-12-18(25-29-19)14-4-2-1-3-5-14/h1-9,12-13,27H,10-11H2,(H,23,28). The summed E-state index contributed by atoms with van der Waals surface area (Å²) in [6.07, 6.45) is 0. The maximum absolute atomic E-state index is 12.6. The quantitative estimate of drug-likeness (QED) is 0.501. The molecule has 0 fully saturated rings. The number of carbonyl (C=O) groups is 1. The molecule has 0 saturated heterocycles. The Morgan fingerprint density at radius 1 is 1.03 bits per heavy atom. The number of hydrogen-bond donors (Lipinski definition) is 2. The summed E-state index contributed by atoms with van der Waals surface area (Å²) in [4.78, 5) is 12.6. The predicted molar refractivity (Wildman–Crippen MR) is 110 cm³/mol. The van der Waals surface area contributed by atoms with Crippen molar-refractivity contribution in [1.82, 2.24) is 14.9 Å². The zero-order chi connectivity index (χ0) is 20.2. The third-order valence-corrected chi connectivity index (χ3v) is 4.53. The van der Waals surface area contributed by atoms with E-state index in [9.17, 15) is 9.90 Å². The largest absolute Gasteiger partial charge is 0.394 e. The van der Waals surface area contributed by atoms with Crippen LogP contribution in [0.3, 0.4) is 0 Å². The number of benzene rings is 2. The lowest BCUT2D eigenvalue weighted by Gasteiger charge is -2.05. The first-order valence-corrected chi connectivity index (χ1v) is 9.30. The Kier molecular flexibility index (Phi) is 5.41. The number of anilines is 1. The minimum Gasteiger partial charge on any atom is -0.394 e. The van der Waals surface area contributed by atoms with Crippen LogP contribution in [0.5, 0.6) is 0 Å². The minimum atomic E-state index is -0.457. The van der Waals surface area contributed by atoms with Gasteiger partial charge in [-0.05, 0) is 12.1 Å². The predicted octanol–water partition coefficient (Wildman–Crippen LogP) is 4.10. The molecule has 0 bridgehead atoms. The van der Waals surface area contributed by atoms with Crippen LogP contribution in [-0.4, -0.2) is 32.6 Å². The highest BCUT2D eigenvalue weighted by molar-refractivity contribution is 6.30. The van der Waals surface area contributed by atoms with Crippen molar-refractivity contribution in [3.63, 3.8) is 0 Å². The number of aromatic nitrogens is 3. The van der Waals surface area contributed by atoms with Crippen molar-refractivity contribution in [3.05, 3.63) is 77.5 Å². The van der Waals surface area contributed by atoms with E-state index in [1.807, 2.05) is 42.5 Å². The lowest BCUT2D eigenvalue weighted by molar-refractivity contribution is 0.0986. The normalized spacial score (nSPS) is 10.8. The van der Waals surface area contributed by atoms with Crippen molar-refractivity contribution in [3.8, 4) is 22.5 Å². The summed E-state index contributed by atoms with van der Waals surface area (Å²) < 4.78 is 6.73. The van der Waals surface area contributed by atoms with Gasteiger partial charge in [0, 0.05) is 28.3 Å². The number of hydrogen-bond acceptors (Lipinski definition) is 5. The van der Waals surface area contributed by atoms with E-state index >= 15 is 0 Å². The second-order valence-electron chi connectivity index (χ2n) is 6.27. The highest BCUT2D eigenvalue weighted by atomic mass is 35.5. The maximum atomic E-state index is 12.6. The second-order valence-corrected chi connectivity index (χ2v) is 6.70. The van der Waals surface area contributed by atoms with Gasteiger partial charge in [0.1, 0.15) is 11.5 Å². The van der Waals surface area contributed by atoms with Crippen molar-refractivity contribution in [2.75, 3.05) is 11.9 Å². The SMILES string of the molecule is O=C(Nc1cc(-c2ccc(Cl)cc2)nn1CCO)c1cc(-c2ccccc2)no1. The van der Waals surface area contributed by atoms with Gasteiger partial charge < -0.3 is 14.9 Å². The summed E-state index contributed by atoms with van der Waals surface area (Å²) >= 11 is 5.94. The molecule has 2 aromatic heterocycles. The number of rotatable bonds is 6. The Morgan fingerprint density at radius 3 is 2.48 bits per heavy atom. The highest BCUT2D eigenvalue weighted by Crippen LogP contribution is 2.25. The molecule has 2 aromatic carbocycles.